The van der Waals surface area contributed by atoms with Gasteiger partial charge in [-0.05, 0) is 18.3 Å². The fourth-order valence-corrected chi connectivity index (χ4v) is 5.30. The van der Waals surface area contributed by atoms with Crippen molar-refractivity contribution in [2.24, 2.45) is 17.4 Å². The molecule has 2 atom stereocenters. The van der Waals surface area contributed by atoms with Crippen molar-refractivity contribution in [2.45, 2.75) is 31.2 Å². The third kappa shape index (κ3) is 5.75. The number of nitrogens with two attached hydrogens (primary N) is 2. The first-order valence-electron chi connectivity index (χ1n) is 9.49. The molecule has 0 aromatic heterocycles. The Kier molecular flexibility index (Phi) is 8.17. The largest absolute Gasteiger partial charge is 0.480 e. The van der Waals surface area contributed by atoms with Gasteiger partial charge in [0.25, 0.3) is 10.2 Å². The number of aliphatic carboxylic acids is 1. The van der Waals surface area contributed by atoms with Crippen LogP contribution < -0.4 is 11.5 Å². The van der Waals surface area contributed by atoms with Gasteiger partial charge in [-0.2, -0.15) is 17.0 Å². The van der Waals surface area contributed by atoms with Crippen molar-refractivity contribution in [1.29, 1.82) is 0 Å². The standard InChI is InChI=1S/C17H29BN4O6S/c19-9-10-21(11-14-5-2-1-3-6-14)29(27,28)22-12-15(7-4-8-18(25)26)17(20,13-22)16(23)24/h1-3,5-6,15,25-26H,4,7-13,19-20H2,(H,23,24)/t15-,17-/m0/s1. The van der Waals surface area contributed by atoms with Crippen LogP contribution in [0.5, 0.6) is 0 Å². The Morgan fingerprint density at radius 1 is 1.31 bits per heavy atom. The molecule has 0 amide bonds. The maximum absolute atomic E-state index is 13.2. The number of nitrogens with zero attached hydrogens (tertiary/aromatic N) is 2. The Balaban J connectivity index is 2.21. The number of benzene rings is 1. The third-order valence-corrected chi connectivity index (χ3v) is 7.13. The van der Waals surface area contributed by atoms with Crippen molar-refractivity contribution in [1.82, 2.24) is 8.61 Å². The van der Waals surface area contributed by atoms with E-state index in [1.807, 2.05) is 6.07 Å². The van der Waals surface area contributed by atoms with E-state index >= 15 is 0 Å². The first-order valence-corrected chi connectivity index (χ1v) is 10.9. The summed E-state index contributed by atoms with van der Waals surface area (Å²) in [6, 6.07) is 9.04. The molecule has 1 fully saturated rings. The van der Waals surface area contributed by atoms with E-state index in [9.17, 15) is 18.3 Å². The molecular weight excluding hydrogens is 399 g/mol. The summed E-state index contributed by atoms with van der Waals surface area (Å²) in [6.45, 7) is -0.0948. The Bertz CT molecular complexity index is 781. The molecule has 1 aliphatic heterocycles. The SMILES string of the molecule is NCCN(Cc1ccccc1)S(=O)(=O)N1C[C@H](CCCB(O)O)[C@](N)(C(=O)O)C1. The van der Waals surface area contributed by atoms with Gasteiger partial charge in [0.05, 0.1) is 0 Å². The molecule has 10 nitrogen and oxygen atoms in total. The smallest absolute Gasteiger partial charge is 0.451 e. The molecule has 1 aromatic carbocycles. The zero-order valence-electron chi connectivity index (χ0n) is 16.2. The number of rotatable bonds is 11. The van der Waals surface area contributed by atoms with E-state index in [4.69, 9.17) is 21.5 Å². The van der Waals surface area contributed by atoms with Crippen LogP contribution in [0.25, 0.3) is 0 Å². The van der Waals surface area contributed by atoms with Crippen molar-refractivity contribution >= 4 is 23.3 Å². The molecule has 0 unspecified atom stereocenters. The average molecular weight is 428 g/mol. The molecule has 162 valence electrons. The zero-order valence-corrected chi connectivity index (χ0v) is 17.0. The first-order chi connectivity index (χ1) is 13.6. The summed E-state index contributed by atoms with van der Waals surface area (Å²) in [5.41, 5.74) is 10.8. The second kappa shape index (κ2) is 9.98. The van der Waals surface area contributed by atoms with Crippen LogP contribution >= 0.6 is 0 Å². The molecule has 1 heterocycles. The number of carbonyl (C=O) groups is 1. The molecular formula is C17H29BN4O6S. The summed E-state index contributed by atoms with van der Waals surface area (Å²) in [6.07, 6.45) is 0.646. The van der Waals surface area contributed by atoms with Crippen molar-refractivity contribution < 1.29 is 28.4 Å². The quantitative estimate of drug-likeness (QED) is 0.270. The minimum atomic E-state index is -4.00. The molecule has 7 N–H and O–H groups in total. The molecule has 29 heavy (non-hydrogen) atoms. The summed E-state index contributed by atoms with van der Waals surface area (Å²) >= 11 is 0. The molecule has 0 aliphatic carbocycles. The molecule has 1 aliphatic rings. The molecule has 0 bridgehead atoms. The minimum absolute atomic E-state index is 0.0531. The van der Waals surface area contributed by atoms with Crippen LogP contribution in [0.15, 0.2) is 30.3 Å². The van der Waals surface area contributed by atoms with Crippen molar-refractivity contribution in [3.05, 3.63) is 35.9 Å². The molecule has 0 radical (unpaired) electrons. The van der Waals surface area contributed by atoms with Gasteiger partial charge in [-0.15, -0.1) is 0 Å². The van der Waals surface area contributed by atoms with E-state index < -0.39 is 34.8 Å². The highest BCUT2D eigenvalue weighted by Crippen LogP contribution is 2.33. The number of carboxylic acids is 1. The lowest BCUT2D eigenvalue weighted by Gasteiger charge is -2.28. The van der Waals surface area contributed by atoms with Gasteiger partial charge in [-0.1, -0.05) is 36.8 Å². The third-order valence-electron chi connectivity index (χ3n) is 5.24. The van der Waals surface area contributed by atoms with E-state index in [2.05, 4.69) is 0 Å². The van der Waals surface area contributed by atoms with Gasteiger partial charge in [-0.25, -0.2) is 0 Å². The van der Waals surface area contributed by atoms with Gasteiger partial charge < -0.3 is 26.6 Å². The second-order valence-electron chi connectivity index (χ2n) is 7.36. The molecule has 1 aromatic rings. The van der Waals surface area contributed by atoms with Crippen LogP contribution in [-0.2, 0) is 21.5 Å². The summed E-state index contributed by atoms with van der Waals surface area (Å²) in [4.78, 5) is 11.8. The maximum Gasteiger partial charge on any atom is 0.451 e. The monoisotopic (exact) mass is 428 g/mol. The van der Waals surface area contributed by atoms with Crippen LogP contribution in [0.2, 0.25) is 6.32 Å². The number of hydrogen-bond donors (Lipinski definition) is 5. The Morgan fingerprint density at radius 3 is 2.52 bits per heavy atom. The molecule has 2 rings (SSSR count). The minimum Gasteiger partial charge on any atom is -0.480 e. The summed E-state index contributed by atoms with van der Waals surface area (Å²) in [5, 5.41) is 27.6. The van der Waals surface area contributed by atoms with Gasteiger partial charge in [0.2, 0.25) is 0 Å². The Labute approximate surface area is 171 Å². The van der Waals surface area contributed by atoms with Crippen molar-refractivity contribution in [3.8, 4) is 0 Å². The number of hydrogen-bond acceptors (Lipinski definition) is 7. The predicted octanol–water partition coefficient (Wildman–Crippen LogP) is -1.34. The molecule has 1 saturated heterocycles. The van der Waals surface area contributed by atoms with E-state index in [-0.39, 0.29) is 45.5 Å². The zero-order chi connectivity index (χ0) is 21.7. The van der Waals surface area contributed by atoms with Gasteiger partial charge in [-0.3, -0.25) is 4.79 Å². The van der Waals surface area contributed by atoms with E-state index in [1.165, 1.54) is 4.31 Å². The summed E-state index contributed by atoms with van der Waals surface area (Å²) in [7, 11) is -5.50. The molecule has 0 spiro atoms. The van der Waals surface area contributed by atoms with Crippen LogP contribution in [0, 0.1) is 5.92 Å². The van der Waals surface area contributed by atoms with Crippen LogP contribution in [0.4, 0.5) is 0 Å². The maximum atomic E-state index is 13.2. The van der Waals surface area contributed by atoms with Crippen molar-refractivity contribution in [3.63, 3.8) is 0 Å². The lowest BCUT2D eigenvalue weighted by molar-refractivity contribution is -0.144. The van der Waals surface area contributed by atoms with Gasteiger partial charge in [0.15, 0.2) is 0 Å². The first kappa shape index (κ1) is 23.7. The van der Waals surface area contributed by atoms with Gasteiger partial charge >= 0.3 is 13.1 Å². The normalized spacial score (nSPS) is 22.9. The van der Waals surface area contributed by atoms with E-state index in [1.54, 1.807) is 24.3 Å². The van der Waals surface area contributed by atoms with Crippen LogP contribution in [0.3, 0.4) is 0 Å². The lowest BCUT2D eigenvalue weighted by atomic mass is 9.78. The molecule has 0 saturated carbocycles. The fraction of sp³-hybridized carbons (Fsp3) is 0.588. The van der Waals surface area contributed by atoms with Gasteiger partial charge in [0.1, 0.15) is 5.54 Å². The van der Waals surface area contributed by atoms with E-state index in [0.29, 0.717) is 6.42 Å². The van der Waals surface area contributed by atoms with Crippen molar-refractivity contribution in [2.75, 3.05) is 26.2 Å². The van der Waals surface area contributed by atoms with Crippen LogP contribution in [0.1, 0.15) is 18.4 Å². The highest BCUT2D eigenvalue weighted by molar-refractivity contribution is 7.86. The predicted molar refractivity (Wildman–Crippen MR) is 109 cm³/mol. The Morgan fingerprint density at radius 2 is 1.97 bits per heavy atom. The second-order valence-corrected chi connectivity index (χ2v) is 9.29. The average Bonchev–Trinajstić information content (AvgIpc) is 3.01. The summed E-state index contributed by atoms with van der Waals surface area (Å²) < 4.78 is 28.8. The fourth-order valence-electron chi connectivity index (χ4n) is 3.58. The number of carboxylic acid groups (broad SMARTS) is 1. The molecule has 12 heteroatoms. The highest BCUT2D eigenvalue weighted by Gasteiger charge is 2.53. The highest BCUT2D eigenvalue weighted by atomic mass is 32.2. The van der Waals surface area contributed by atoms with E-state index in [0.717, 1.165) is 9.87 Å². The Hall–Kier alpha value is -1.54. The topological polar surface area (TPSA) is 170 Å². The van der Waals surface area contributed by atoms with Crippen LogP contribution in [-0.4, -0.2) is 77.0 Å². The van der Waals surface area contributed by atoms with Gasteiger partial charge in [0, 0.05) is 38.6 Å². The lowest BCUT2D eigenvalue weighted by Crippen LogP contribution is -2.55. The summed E-state index contributed by atoms with van der Waals surface area (Å²) in [5.74, 6) is -1.93.